The van der Waals surface area contributed by atoms with Crippen LogP contribution in [0, 0.1) is 6.92 Å². The van der Waals surface area contributed by atoms with Gasteiger partial charge in [0.2, 0.25) is 0 Å². The minimum atomic E-state index is 1.06. The van der Waals surface area contributed by atoms with Crippen molar-refractivity contribution >= 4 is 51.5 Å². The summed E-state index contributed by atoms with van der Waals surface area (Å²) in [6.45, 7) is 2.17. The van der Waals surface area contributed by atoms with Gasteiger partial charge in [0.05, 0.1) is 5.69 Å². The van der Waals surface area contributed by atoms with E-state index in [9.17, 15) is 0 Å². The third-order valence-corrected chi connectivity index (χ3v) is 12.5. The van der Waals surface area contributed by atoms with Gasteiger partial charge in [-0.2, -0.15) is 0 Å². The van der Waals surface area contributed by atoms with Crippen LogP contribution in [0.3, 0.4) is 0 Å². The third-order valence-electron chi connectivity index (χ3n) is 11.5. The smallest absolute Gasteiger partial charge is 0.0536 e. The molecule has 0 unspecified atom stereocenters. The summed E-state index contributed by atoms with van der Waals surface area (Å²) >= 11 is 1.84. The Morgan fingerprint density at radius 1 is 0.367 bits per heavy atom. The summed E-state index contributed by atoms with van der Waals surface area (Å²) in [6, 6.07) is 77.1. The van der Waals surface area contributed by atoms with Gasteiger partial charge < -0.3 is 9.80 Å². The normalized spacial score (nSPS) is 11.9. The van der Waals surface area contributed by atoms with Gasteiger partial charge in [-0.05, 0) is 143 Å². The molecule has 0 radical (unpaired) electrons. The fourth-order valence-corrected chi connectivity index (χ4v) is 9.23. The van der Waals surface area contributed by atoms with Crippen LogP contribution in [0.4, 0.5) is 34.1 Å². The molecule has 0 saturated carbocycles. The second kappa shape index (κ2) is 16.6. The molecular formula is C57H44N2S. The molecule has 10 rings (SSSR count). The van der Waals surface area contributed by atoms with E-state index in [1.54, 1.807) is 0 Å². The molecule has 1 aliphatic rings. The molecule has 0 atom stereocenters. The number of anilines is 6. The number of thiophene rings is 1. The van der Waals surface area contributed by atoms with Gasteiger partial charge >= 0.3 is 0 Å². The average Bonchev–Trinajstić information content (AvgIpc) is 3.77. The fraction of sp³-hybridized carbons (Fsp3) is 0.0526. The maximum atomic E-state index is 2.41. The Labute approximate surface area is 357 Å². The molecular weight excluding hydrogens is 745 g/mol. The zero-order chi connectivity index (χ0) is 40.3. The van der Waals surface area contributed by atoms with Crippen LogP contribution in [0.5, 0.6) is 0 Å². The molecule has 1 heterocycles. The van der Waals surface area contributed by atoms with E-state index in [2.05, 4.69) is 241 Å². The molecule has 2 nitrogen and oxygen atoms in total. The highest BCUT2D eigenvalue weighted by molar-refractivity contribution is 7.15. The summed E-state index contributed by atoms with van der Waals surface area (Å²) in [5.41, 5.74) is 17.9. The molecule has 0 fully saturated rings. The van der Waals surface area contributed by atoms with Crippen molar-refractivity contribution in [3.63, 3.8) is 0 Å². The lowest BCUT2D eigenvalue weighted by molar-refractivity contribution is 0.984. The largest absolute Gasteiger partial charge is 0.311 e. The van der Waals surface area contributed by atoms with Crippen molar-refractivity contribution in [1.82, 2.24) is 0 Å². The fourth-order valence-electron chi connectivity index (χ4n) is 8.36. The van der Waals surface area contributed by atoms with Gasteiger partial charge in [-0.1, -0.05) is 146 Å². The third kappa shape index (κ3) is 7.59. The number of nitrogens with zero attached hydrogens (tertiary/aromatic N) is 2. The van der Waals surface area contributed by atoms with Crippen LogP contribution in [-0.2, 0) is 6.42 Å². The standard InChI is InChI=1S/C57H44N2S/c1-41-19-40-57(60-41)49-28-38-54(39-29-49)59(56-18-10-16-48-15-8-9-17-55(48)56)53-36-26-47(27-37-53)46-24-34-52(35-25-46)58(50-30-20-44(21-31-50)42-11-4-2-5-12-42)51-32-22-45(23-33-51)43-13-6-3-7-14-43/h2-7,9-14,16-40H,8,15H2,1H3. The number of hydrogen-bond acceptors (Lipinski definition) is 3. The van der Waals surface area contributed by atoms with Crippen LogP contribution in [0.1, 0.15) is 22.4 Å². The topological polar surface area (TPSA) is 6.48 Å². The van der Waals surface area contributed by atoms with Crippen molar-refractivity contribution < 1.29 is 0 Å². The molecule has 60 heavy (non-hydrogen) atoms. The Morgan fingerprint density at radius 3 is 1.22 bits per heavy atom. The summed E-state index contributed by atoms with van der Waals surface area (Å²) in [4.78, 5) is 7.38. The van der Waals surface area contributed by atoms with Gasteiger partial charge in [-0.15, -0.1) is 11.3 Å². The predicted molar refractivity (Wildman–Crippen MR) is 258 cm³/mol. The monoisotopic (exact) mass is 788 g/mol. The van der Waals surface area contributed by atoms with Crippen LogP contribution in [-0.4, -0.2) is 0 Å². The van der Waals surface area contributed by atoms with E-state index < -0.39 is 0 Å². The minimum Gasteiger partial charge on any atom is -0.311 e. The molecule has 9 aromatic rings. The number of fused-ring (bicyclic) bond motifs is 1. The first-order valence-electron chi connectivity index (χ1n) is 20.7. The first-order chi connectivity index (χ1) is 29.6. The van der Waals surface area contributed by atoms with E-state index in [-0.39, 0.29) is 0 Å². The Balaban J connectivity index is 0.974. The van der Waals surface area contributed by atoms with E-state index >= 15 is 0 Å². The molecule has 0 bridgehead atoms. The minimum absolute atomic E-state index is 1.06. The molecule has 3 heteroatoms. The lowest BCUT2D eigenvalue weighted by Crippen LogP contribution is -2.13. The van der Waals surface area contributed by atoms with Crippen LogP contribution in [0.15, 0.2) is 218 Å². The number of hydrogen-bond donors (Lipinski definition) is 0. The molecule has 0 saturated heterocycles. The SMILES string of the molecule is Cc1ccc(-c2ccc(N(c3ccc(-c4ccc(N(c5ccc(-c6ccccc6)cc5)c5ccc(-c6ccccc6)cc5)cc4)cc3)c3cccc4c3C=CCC4)cc2)s1. The first-order valence-corrected chi connectivity index (χ1v) is 21.5. The predicted octanol–water partition coefficient (Wildman–Crippen LogP) is 16.6. The van der Waals surface area contributed by atoms with E-state index in [4.69, 9.17) is 0 Å². The van der Waals surface area contributed by atoms with E-state index in [0.29, 0.717) is 0 Å². The zero-order valence-electron chi connectivity index (χ0n) is 33.6. The van der Waals surface area contributed by atoms with Gasteiger partial charge in [-0.3, -0.25) is 0 Å². The highest BCUT2D eigenvalue weighted by Gasteiger charge is 2.19. The number of allylic oxidation sites excluding steroid dienone is 1. The first kappa shape index (κ1) is 37.1. The molecule has 8 aromatic carbocycles. The summed E-state index contributed by atoms with van der Waals surface area (Å²) < 4.78 is 0. The van der Waals surface area contributed by atoms with Gasteiger partial charge in [0.15, 0.2) is 0 Å². The Hall–Kier alpha value is -7.20. The van der Waals surface area contributed by atoms with Crippen LogP contribution in [0.2, 0.25) is 0 Å². The van der Waals surface area contributed by atoms with Crippen molar-refractivity contribution in [3.8, 4) is 43.8 Å². The van der Waals surface area contributed by atoms with Gasteiger partial charge in [0, 0.05) is 43.8 Å². The maximum absolute atomic E-state index is 2.41. The van der Waals surface area contributed by atoms with E-state index in [1.807, 2.05) is 11.3 Å². The van der Waals surface area contributed by atoms with Crippen LogP contribution >= 0.6 is 11.3 Å². The van der Waals surface area contributed by atoms with Crippen molar-refractivity contribution in [3.05, 3.63) is 234 Å². The Bertz CT molecular complexity index is 2790. The lowest BCUT2D eigenvalue weighted by Gasteiger charge is -2.29. The molecule has 0 spiro atoms. The van der Waals surface area contributed by atoms with E-state index in [0.717, 1.165) is 41.3 Å². The Morgan fingerprint density at radius 2 is 0.783 bits per heavy atom. The molecule has 0 N–H and O–H groups in total. The molecule has 1 aliphatic carbocycles. The molecule has 0 aliphatic heterocycles. The van der Waals surface area contributed by atoms with Crippen LogP contribution < -0.4 is 9.80 Å². The van der Waals surface area contributed by atoms with Crippen molar-refractivity contribution in [2.75, 3.05) is 9.80 Å². The zero-order valence-corrected chi connectivity index (χ0v) is 34.4. The number of aryl methyl sites for hydroxylation is 2. The summed E-state index contributed by atoms with van der Waals surface area (Å²) in [5, 5.41) is 0. The van der Waals surface area contributed by atoms with Gasteiger partial charge in [0.1, 0.15) is 0 Å². The lowest BCUT2D eigenvalue weighted by atomic mass is 9.95. The van der Waals surface area contributed by atoms with Crippen molar-refractivity contribution in [2.45, 2.75) is 19.8 Å². The number of benzene rings is 8. The van der Waals surface area contributed by atoms with Crippen molar-refractivity contribution in [1.29, 1.82) is 0 Å². The van der Waals surface area contributed by atoms with Crippen LogP contribution in [0.25, 0.3) is 49.9 Å². The van der Waals surface area contributed by atoms with Gasteiger partial charge in [0.25, 0.3) is 0 Å². The van der Waals surface area contributed by atoms with E-state index in [1.165, 1.54) is 65.5 Å². The Kier molecular flexibility index (Phi) is 10.2. The second-order valence-corrected chi connectivity index (χ2v) is 16.6. The molecule has 0 amide bonds. The molecule has 1 aromatic heterocycles. The molecule has 288 valence electrons. The summed E-state index contributed by atoms with van der Waals surface area (Å²) in [5.74, 6) is 0. The summed E-state index contributed by atoms with van der Waals surface area (Å²) in [6.07, 6.45) is 6.75. The maximum Gasteiger partial charge on any atom is 0.0536 e. The van der Waals surface area contributed by atoms with Crippen molar-refractivity contribution in [2.24, 2.45) is 0 Å². The highest BCUT2D eigenvalue weighted by atomic mass is 32.1. The quantitative estimate of drug-likeness (QED) is 0.136. The second-order valence-electron chi connectivity index (χ2n) is 15.3. The van der Waals surface area contributed by atoms with Gasteiger partial charge in [-0.25, -0.2) is 0 Å². The number of rotatable bonds is 10. The highest BCUT2D eigenvalue weighted by Crippen LogP contribution is 2.42. The summed E-state index contributed by atoms with van der Waals surface area (Å²) in [7, 11) is 0. The average molecular weight is 789 g/mol.